The third-order valence-electron chi connectivity index (χ3n) is 7.61. The highest BCUT2D eigenvalue weighted by Gasteiger charge is 2.24. The molecule has 0 unspecified atom stereocenters. The third kappa shape index (κ3) is 7.01. The van der Waals surface area contributed by atoms with Crippen molar-refractivity contribution in [3.63, 3.8) is 0 Å². The lowest BCUT2D eigenvalue weighted by molar-refractivity contribution is 0.0699. The summed E-state index contributed by atoms with van der Waals surface area (Å²) in [6.07, 6.45) is 11.1. The number of anilines is 2. The normalized spacial score (nSPS) is 25.1. The number of pyridine rings is 2. The van der Waals surface area contributed by atoms with Crippen LogP contribution in [-0.4, -0.2) is 61.1 Å². The summed E-state index contributed by atoms with van der Waals surface area (Å²) in [6, 6.07) is 6.74. The number of hydrogen-bond donors (Lipinski definition) is 3. The number of rotatable bonds is 9. The van der Waals surface area contributed by atoms with E-state index >= 15 is 0 Å². The first-order valence-corrected chi connectivity index (χ1v) is 14.2. The lowest BCUT2D eigenvalue weighted by Gasteiger charge is -2.30. The second-order valence-electron chi connectivity index (χ2n) is 10.2. The Hall–Kier alpha value is -1.64. The maximum Gasteiger partial charge on any atom is 0.126 e. The largest absolute Gasteiger partial charge is 0.381 e. The van der Waals surface area contributed by atoms with Crippen molar-refractivity contribution in [1.29, 1.82) is 0 Å². The molecule has 3 N–H and O–H groups in total. The molecule has 0 bridgehead atoms. The lowest BCUT2D eigenvalue weighted by Crippen LogP contribution is -2.40. The fourth-order valence-corrected chi connectivity index (χ4v) is 5.78. The number of nitrogens with one attached hydrogen (secondary N) is 3. The van der Waals surface area contributed by atoms with E-state index in [0.29, 0.717) is 39.8 Å². The fraction of sp³-hybridized carbons (Fsp3) is 0.630. The molecule has 4 heterocycles. The van der Waals surface area contributed by atoms with Crippen LogP contribution in [0.4, 0.5) is 11.6 Å². The van der Waals surface area contributed by atoms with Gasteiger partial charge in [-0.2, -0.15) is 0 Å². The molecule has 2 aliphatic heterocycles. The molecule has 0 radical (unpaired) electrons. The molecule has 1 saturated carbocycles. The highest BCUT2D eigenvalue weighted by Crippen LogP contribution is 2.34. The Balaban J connectivity index is 1.18. The maximum absolute atomic E-state index is 6.57. The van der Waals surface area contributed by atoms with Gasteiger partial charge in [-0.25, -0.2) is 9.97 Å². The average molecular weight is 535 g/mol. The second-order valence-corrected chi connectivity index (χ2v) is 11.1. The van der Waals surface area contributed by atoms with Crippen LogP contribution >= 0.6 is 23.2 Å². The first-order valence-electron chi connectivity index (χ1n) is 13.4. The minimum atomic E-state index is 0.392. The van der Waals surface area contributed by atoms with Crippen LogP contribution in [0.3, 0.4) is 0 Å². The van der Waals surface area contributed by atoms with E-state index in [2.05, 4.69) is 20.9 Å². The number of halogens is 2. The Bertz CT molecular complexity index is 990. The molecule has 7 nitrogen and oxygen atoms in total. The van der Waals surface area contributed by atoms with Gasteiger partial charge in [0.05, 0.1) is 21.8 Å². The van der Waals surface area contributed by atoms with Crippen LogP contribution in [0, 0.1) is 5.92 Å². The molecule has 0 spiro atoms. The van der Waals surface area contributed by atoms with Crippen molar-refractivity contribution in [3.8, 4) is 11.3 Å². The molecular weight excluding hydrogens is 497 g/mol. The van der Waals surface area contributed by atoms with Gasteiger partial charge in [0.15, 0.2) is 0 Å². The monoisotopic (exact) mass is 533 g/mol. The smallest absolute Gasteiger partial charge is 0.126 e. The Morgan fingerprint density at radius 1 is 0.861 bits per heavy atom. The van der Waals surface area contributed by atoms with Gasteiger partial charge in [-0.1, -0.05) is 23.2 Å². The number of ether oxygens (including phenoxy) is 2. The first-order chi connectivity index (χ1) is 17.6. The van der Waals surface area contributed by atoms with Gasteiger partial charge in [0.1, 0.15) is 11.6 Å². The molecule has 2 saturated heterocycles. The van der Waals surface area contributed by atoms with E-state index in [1.54, 1.807) is 6.20 Å². The van der Waals surface area contributed by atoms with Gasteiger partial charge >= 0.3 is 0 Å². The second kappa shape index (κ2) is 12.7. The first kappa shape index (κ1) is 26.0. The maximum atomic E-state index is 6.57. The van der Waals surface area contributed by atoms with Crippen LogP contribution < -0.4 is 16.0 Å². The average Bonchev–Trinajstić information content (AvgIpc) is 3.43. The van der Waals surface area contributed by atoms with Crippen molar-refractivity contribution in [1.82, 2.24) is 15.3 Å². The van der Waals surface area contributed by atoms with Gasteiger partial charge in [-0.05, 0) is 75.5 Å². The van der Waals surface area contributed by atoms with Gasteiger partial charge in [0, 0.05) is 56.8 Å². The van der Waals surface area contributed by atoms with Gasteiger partial charge in [-0.3, -0.25) is 0 Å². The van der Waals surface area contributed by atoms with Gasteiger partial charge < -0.3 is 25.4 Å². The quantitative estimate of drug-likeness (QED) is 0.376. The van der Waals surface area contributed by atoms with Crippen LogP contribution in [0.5, 0.6) is 0 Å². The van der Waals surface area contributed by atoms with Crippen molar-refractivity contribution < 1.29 is 9.47 Å². The standard InChI is InChI=1S/C27H37Cl2N5O2/c28-23-7-8-25(31-15-18-9-12-35-13-10-18)34-27(23)22-14-26(32-17-24(22)29)33-20-5-3-19(4-6-20)30-16-21-2-1-11-36-21/h7-8,14,17-21,30H,1-6,9-13,15-16H2,(H,31,34)(H,32,33)/t19-,20-,21-/m1/s1. The fourth-order valence-electron chi connectivity index (χ4n) is 5.38. The topological polar surface area (TPSA) is 80.3 Å². The summed E-state index contributed by atoms with van der Waals surface area (Å²) in [5.74, 6) is 2.21. The zero-order chi connectivity index (χ0) is 24.7. The van der Waals surface area contributed by atoms with E-state index in [9.17, 15) is 0 Å². The molecule has 1 aliphatic carbocycles. The van der Waals surface area contributed by atoms with Crippen LogP contribution in [-0.2, 0) is 9.47 Å². The summed E-state index contributed by atoms with van der Waals surface area (Å²) in [6.45, 7) is 4.43. The molecule has 1 atom stereocenters. The van der Waals surface area contributed by atoms with E-state index < -0.39 is 0 Å². The van der Waals surface area contributed by atoms with Crippen molar-refractivity contribution >= 4 is 34.8 Å². The molecule has 3 aliphatic rings. The van der Waals surface area contributed by atoms with Crippen molar-refractivity contribution in [2.45, 2.75) is 69.6 Å². The highest BCUT2D eigenvalue weighted by molar-refractivity contribution is 6.36. The molecule has 196 valence electrons. The van der Waals surface area contributed by atoms with Crippen LogP contribution in [0.15, 0.2) is 24.4 Å². The Kier molecular flexibility index (Phi) is 9.20. The summed E-state index contributed by atoms with van der Waals surface area (Å²) in [7, 11) is 0. The zero-order valence-corrected chi connectivity index (χ0v) is 22.3. The molecule has 5 rings (SSSR count). The molecule has 2 aromatic rings. The molecular formula is C27H37Cl2N5O2. The number of nitrogens with zero attached hydrogens (tertiary/aromatic N) is 2. The summed E-state index contributed by atoms with van der Waals surface area (Å²) >= 11 is 13.1. The number of hydrogen-bond acceptors (Lipinski definition) is 7. The minimum absolute atomic E-state index is 0.392. The van der Waals surface area contributed by atoms with Gasteiger partial charge in [0.2, 0.25) is 0 Å². The van der Waals surface area contributed by atoms with Crippen molar-refractivity contribution in [3.05, 3.63) is 34.4 Å². The van der Waals surface area contributed by atoms with Gasteiger partial charge in [0.25, 0.3) is 0 Å². The molecule has 36 heavy (non-hydrogen) atoms. The Labute approximate surface area is 224 Å². The molecule has 2 aromatic heterocycles. The predicted molar refractivity (Wildman–Crippen MR) is 146 cm³/mol. The van der Waals surface area contributed by atoms with E-state index in [-0.39, 0.29) is 0 Å². The van der Waals surface area contributed by atoms with Gasteiger partial charge in [-0.15, -0.1) is 0 Å². The highest BCUT2D eigenvalue weighted by atomic mass is 35.5. The molecule has 9 heteroatoms. The third-order valence-corrected chi connectivity index (χ3v) is 8.21. The van der Waals surface area contributed by atoms with Crippen LogP contribution in [0.2, 0.25) is 10.0 Å². The SMILES string of the molecule is Clc1cnc(N[C@H]2CC[C@H](NC[C@H]3CCCO3)CC2)cc1-c1nc(NCC2CCOCC2)ccc1Cl. The Morgan fingerprint density at radius 2 is 1.67 bits per heavy atom. The minimum Gasteiger partial charge on any atom is -0.381 e. The van der Waals surface area contributed by atoms with Crippen LogP contribution in [0.25, 0.3) is 11.3 Å². The molecule has 0 aromatic carbocycles. The van der Waals surface area contributed by atoms with E-state index in [1.807, 2.05) is 18.2 Å². The Morgan fingerprint density at radius 3 is 2.44 bits per heavy atom. The zero-order valence-electron chi connectivity index (χ0n) is 20.8. The van der Waals surface area contributed by atoms with Crippen molar-refractivity contribution in [2.24, 2.45) is 5.92 Å². The van der Waals surface area contributed by atoms with E-state index in [4.69, 9.17) is 37.7 Å². The summed E-state index contributed by atoms with van der Waals surface area (Å²) in [5.41, 5.74) is 1.46. The molecule has 3 fully saturated rings. The summed E-state index contributed by atoms with van der Waals surface area (Å²) in [5, 5.41) is 11.9. The molecule has 0 amide bonds. The van der Waals surface area contributed by atoms with E-state index in [0.717, 1.165) is 88.6 Å². The lowest BCUT2D eigenvalue weighted by atomic mass is 9.91. The summed E-state index contributed by atoms with van der Waals surface area (Å²) in [4.78, 5) is 9.35. The number of aromatic nitrogens is 2. The van der Waals surface area contributed by atoms with Crippen molar-refractivity contribution in [2.75, 3.05) is 43.5 Å². The van der Waals surface area contributed by atoms with E-state index in [1.165, 1.54) is 12.8 Å². The predicted octanol–water partition coefficient (Wildman–Crippen LogP) is 5.78. The van der Waals surface area contributed by atoms with Crippen LogP contribution in [0.1, 0.15) is 51.4 Å². The summed E-state index contributed by atoms with van der Waals surface area (Å²) < 4.78 is 11.2.